The molecule has 1 aromatic heterocycles. The van der Waals surface area contributed by atoms with E-state index in [1.54, 1.807) is 7.05 Å². The minimum atomic E-state index is -4.67. The van der Waals surface area contributed by atoms with Crippen LogP contribution in [0.3, 0.4) is 0 Å². The van der Waals surface area contributed by atoms with Gasteiger partial charge in [-0.3, -0.25) is 4.79 Å². The first-order valence-electron chi connectivity index (χ1n) is 6.67. The molecule has 1 aromatic rings. The molecule has 0 aliphatic carbocycles. The molecule has 22 heavy (non-hydrogen) atoms. The highest BCUT2D eigenvalue weighted by Crippen LogP contribution is 2.30. The van der Waals surface area contributed by atoms with Gasteiger partial charge in [0.2, 0.25) is 0 Å². The van der Waals surface area contributed by atoms with Crippen molar-refractivity contribution in [2.45, 2.75) is 33.4 Å². The fourth-order valence-electron chi connectivity index (χ4n) is 2.06. The van der Waals surface area contributed by atoms with Gasteiger partial charge in [-0.25, -0.2) is 0 Å². The fraction of sp³-hybridized carbons (Fsp3) is 0.533. The van der Waals surface area contributed by atoms with Gasteiger partial charge >= 0.3 is 11.7 Å². The number of hydrogen-bond acceptors (Lipinski definition) is 3. The van der Waals surface area contributed by atoms with Crippen molar-refractivity contribution in [1.29, 1.82) is 0 Å². The van der Waals surface area contributed by atoms with E-state index >= 15 is 0 Å². The molecule has 0 spiro atoms. The lowest BCUT2D eigenvalue weighted by Gasteiger charge is -2.27. The lowest BCUT2D eigenvalue weighted by Crippen LogP contribution is -2.36. The molecular formula is C15H21F3N2O2. The van der Waals surface area contributed by atoms with Crippen molar-refractivity contribution in [2.75, 3.05) is 19.1 Å². The number of alkyl halides is 3. The summed E-state index contributed by atoms with van der Waals surface area (Å²) in [7, 11) is 2.61. The second-order valence-electron chi connectivity index (χ2n) is 6.25. The van der Waals surface area contributed by atoms with Crippen molar-refractivity contribution >= 4 is 5.69 Å². The maximum absolute atomic E-state index is 12.9. The first kappa shape index (κ1) is 18.1. The number of halogens is 3. The molecule has 0 aliphatic rings. The van der Waals surface area contributed by atoms with Crippen LogP contribution < -0.4 is 15.3 Å². The Kier molecular flexibility index (Phi) is 4.99. The molecule has 0 saturated carbocycles. The zero-order valence-electron chi connectivity index (χ0n) is 13.4. The Bertz CT molecular complexity index is 613. The molecule has 1 heterocycles. The number of allylic oxidation sites excluding steroid dienone is 1. The van der Waals surface area contributed by atoms with Crippen LogP contribution in [0.25, 0.3) is 0 Å². The normalized spacial score (nSPS) is 12.2. The van der Waals surface area contributed by atoms with Crippen molar-refractivity contribution in [3.63, 3.8) is 0 Å². The third-order valence-electron chi connectivity index (χ3n) is 3.06. The molecule has 4 nitrogen and oxygen atoms in total. The van der Waals surface area contributed by atoms with Crippen molar-refractivity contribution < 1.29 is 18.0 Å². The number of anilines is 1. The minimum Gasteiger partial charge on any atom is -0.413 e. The molecule has 0 fully saturated rings. The van der Waals surface area contributed by atoms with Gasteiger partial charge in [-0.2, -0.15) is 13.2 Å². The van der Waals surface area contributed by atoms with E-state index in [9.17, 15) is 18.0 Å². The topological polar surface area (TPSA) is 34.5 Å². The smallest absolute Gasteiger partial charge is 0.413 e. The van der Waals surface area contributed by atoms with E-state index in [-0.39, 0.29) is 15.8 Å². The van der Waals surface area contributed by atoms with Gasteiger partial charge in [0.1, 0.15) is 12.8 Å². The zero-order valence-corrected chi connectivity index (χ0v) is 13.4. The van der Waals surface area contributed by atoms with Crippen LogP contribution in [-0.2, 0) is 6.18 Å². The van der Waals surface area contributed by atoms with Gasteiger partial charge in [0.25, 0.3) is 0 Å². The van der Waals surface area contributed by atoms with Crippen LogP contribution in [-0.4, -0.2) is 18.9 Å². The third kappa shape index (κ3) is 4.05. The van der Waals surface area contributed by atoms with Crippen LogP contribution in [0.1, 0.15) is 32.9 Å². The molecule has 1 rings (SSSR count). The number of nitrogens with zero attached hydrogens (tertiary/aromatic N) is 2. The van der Waals surface area contributed by atoms with E-state index in [2.05, 4.69) is 11.4 Å². The highest BCUT2D eigenvalue weighted by atomic mass is 19.4. The Hall–Kier alpha value is -1.92. The first-order valence-corrected chi connectivity index (χ1v) is 6.67. The Labute approximate surface area is 127 Å². The zero-order chi connectivity index (χ0) is 17.3. The lowest BCUT2D eigenvalue weighted by molar-refractivity contribution is -0.151. The Balaban J connectivity index is 3.28. The maximum atomic E-state index is 12.9. The standard InChI is InChI=1S/C15H21F3N2O2/c1-10(9-14(2,3)4)19(5)11-7-8-12(15(16,17)18)20(22-6)13(11)21/h7-8H,1,9H2,2-6H3. The Morgan fingerprint density at radius 1 is 1.32 bits per heavy atom. The van der Waals surface area contributed by atoms with Crippen molar-refractivity contribution in [3.8, 4) is 0 Å². The molecule has 0 bridgehead atoms. The van der Waals surface area contributed by atoms with Crippen LogP contribution in [0.4, 0.5) is 18.9 Å². The third-order valence-corrected chi connectivity index (χ3v) is 3.06. The van der Waals surface area contributed by atoms with Crippen LogP contribution in [0.5, 0.6) is 0 Å². The molecule has 7 heteroatoms. The van der Waals surface area contributed by atoms with Gasteiger partial charge in [-0.15, -0.1) is 4.73 Å². The highest BCUT2D eigenvalue weighted by Gasteiger charge is 2.36. The van der Waals surface area contributed by atoms with Crippen LogP contribution >= 0.6 is 0 Å². The number of pyridine rings is 1. The Morgan fingerprint density at radius 3 is 2.27 bits per heavy atom. The van der Waals surface area contributed by atoms with Gasteiger partial charge in [-0.1, -0.05) is 27.4 Å². The molecule has 0 aromatic carbocycles. The summed E-state index contributed by atoms with van der Waals surface area (Å²) in [6.45, 7) is 9.92. The number of rotatable bonds is 4. The molecular weight excluding hydrogens is 297 g/mol. The predicted molar refractivity (Wildman–Crippen MR) is 79.8 cm³/mol. The lowest BCUT2D eigenvalue weighted by atomic mass is 9.90. The first-order chi connectivity index (χ1) is 9.88. The monoisotopic (exact) mass is 318 g/mol. The van der Waals surface area contributed by atoms with Gasteiger partial charge in [0, 0.05) is 12.7 Å². The second kappa shape index (κ2) is 6.06. The predicted octanol–water partition coefficient (Wildman–Crippen LogP) is 3.31. The molecule has 0 aliphatic heterocycles. The average Bonchev–Trinajstić information content (AvgIpc) is 2.34. The van der Waals surface area contributed by atoms with Crippen molar-refractivity contribution in [2.24, 2.45) is 5.41 Å². The van der Waals surface area contributed by atoms with Gasteiger partial charge in [0.15, 0.2) is 5.69 Å². The maximum Gasteiger partial charge on any atom is 0.434 e. The summed E-state index contributed by atoms with van der Waals surface area (Å²) >= 11 is 0. The number of aromatic nitrogens is 1. The van der Waals surface area contributed by atoms with E-state index in [1.165, 1.54) is 4.90 Å². The van der Waals surface area contributed by atoms with Crippen LogP contribution in [0.15, 0.2) is 29.2 Å². The van der Waals surface area contributed by atoms with E-state index in [1.807, 2.05) is 20.8 Å². The molecule has 0 unspecified atom stereocenters. The SMILES string of the molecule is C=C(CC(C)(C)C)N(C)c1ccc(C(F)(F)F)n(OC)c1=O. The van der Waals surface area contributed by atoms with Gasteiger partial charge in [-0.05, 0) is 24.0 Å². The average molecular weight is 318 g/mol. The minimum absolute atomic E-state index is 0.0580. The van der Waals surface area contributed by atoms with Crippen molar-refractivity contribution in [3.05, 3.63) is 40.5 Å². The largest absolute Gasteiger partial charge is 0.434 e. The van der Waals surface area contributed by atoms with Gasteiger partial charge < -0.3 is 9.74 Å². The second-order valence-corrected chi connectivity index (χ2v) is 6.25. The Morgan fingerprint density at radius 2 is 1.86 bits per heavy atom. The molecule has 0 N–H and O–H groups in total. The molecule has 0 atom stereocenters. The van der Waals surface area contributed by atoms with Crippen molar-refractivity contribution in [1.82, 2.24) is 4.73 Å². The molecule has 124 valence electrons. The summed E-state index contributed by atoms with van der Waals surface area (Å²) in [5.74, 6) is 0. The highest BCUT2D eigenvalue weighted by molar-refractivity contribution is 5.49. The molecule has 0 saturated heterocycles. The van der Waals surface area contributed by atoms with E-state index in [4.69, 9.17) is 0 Å². The van der Waals surface area contributed by atoms with Crippen LogP contribution in [0.2, 0.25) is 0 Å². The van der Waals surface area contributed by atoms with Crippen LogP contribution in [0, 0.1) is 5.41 Å². The fourth-order valence-corrected chi connectivity index (χ4v) is 2.06. The van der Waals surface area contributed by atoms with E-state index in [0.29, 0.717) is 12.1 Å². The summed E-state index contributed by atoms with van der Waals surface area (Å²) in [6, 6.07) is 1.95. The summed E-state index contributed by atoms with van der Waals surface area (Å²) < 4.78 is 38.8. The number of hydrogen-bond donors (Lipinski definition) is 0. The van der Waals surface area contributed by atoms with E-state index in [0.717, 1.165) is 19.2 Å². The molecule has 0 amide bonds. The quantitative estimate of drug-likeness (QED) is 0.854. The summed E-state index contributed by atoms with van der Waals surface area (Å²) in [4.78, 5) is 18.3. The summed E-state index contributed by atoms with van der Waals surface area (Å²) in [5.41, 5.74) is -1.39. The van der Waals surface area contributed by atoms with E-state index < -0.39 is 17.4 Å². The summed E-state index contributed by atoms with van der Waals surface area (Å²) in [6.07, 6.45) is -4.08. The molecule has 0 radical (unpaired) electrons. The summed E-state index contributed by atoms with van der Waals surface area (Å²) in [5, 5.41) is 0. The van der Waals surface area contributed by atoms with Gasteiger partial charge in [0.05, 0.1) is 0 Å².